The first kappa shape index (κ1) is 8.82. The third-order valence-corrected chi connectivity index (χ3v) is 1.95. The molecule has 2 aromatic rings. The van der Waals surface area contributed by atoms with Crippen LogP contribution in [0.3, 0.4) is 0 Å². The number of aryl methyl sites for hydroxylation is 1. The van der Waals surface area contributed by atoms with E-state index in [0.717, 1.165) is 5.82 Å². The summed E-state index contributed by atoms with van der Waals surface area (Å²) in [5.41, 5.74) is 0. The topological polar surface area (TPSA) is 81.7 Å². The van der Waals surface area contributed by atoms with Crippen molar-refractivity contribution >= 4 is 0 Å². The first-order chi connectivity index (χ1) is 6.81. The molecular formula is C7H10N6O. The van der Waals surface area contributed by atoms with Crippen LogP contribution in [0.2, 0.25) is 0 Å². The van der Waals surface area contributed by atoms with E-state index in [4.69, 9.17) is 5.11 Å². The Morgan fingerprint density at radius 1 is 1.21 bits per heavy atom. The van der Waals surface area contributed by atoms with Gasteiger partial charge in [-0.3, -0.25) is 0 Å². The highest BCUT2D eigenvalue weighted by Gasteiger charge is 2.06. The fourth-order valence-electron chi connectivity index (χ4n) is 1.14. The Morgan fingerprint density at radius 2 is 1.93 bits per heavy atom. The van der Waals surface area contributed by atoms with E-state index in [1.165, 1.54) is 0 Å². The number of aromatic nitrogens is 6. The van der Waals surface area contributed by atoms with E-state index in [-0.39, 0.29) is 6.61 Å². The number of hydrogen-bond acceptors (Lipinski definition) is 5. The maximum Gasteiger partial charge on any atom is 0.159 e. The van der Waals surface area contributed by atoms with Gasteiger partial charge in [0.15, 0.2) is 11.6 Å². The molecule has 2 rings (SSSR count). The predicted molar refractivity (Wildman–Crippen MR) is 46.0 cm³/mol. The van der Waals surface area contributed by atoms with Crippen LogP contribution in [0.15, 0.2) is 12.7 Å². The highest BCUT2D eigenvalue weighted by Crippen LogP contribution is 2.00. The molecule has 2 aromatic heterocycles. The highest BCUT2D eigenvalue weighted by molar-refractivity contribution is 4.91. The van der Waals surface area contributed by atoms with Crippen molar-refractivity contribution in [1.29, 1.82) is 0 Å². The van der Waals surface area contributed by atoms with Crippen LogP contribution >= 0.6 is 0 Å². The average Bonchev–Trinajstić information content (AvgIpc) is 2.77. The Balaban J connectivity index is 2.22. The van der Waals surface area contributed by atoms with Gasteiger partial charge < -0.3 is 14.2 Å². The zero-order chi connectivity index (χ0) is 9.97. The molecule has 0 saturated heterocycles. The molecular weight excluding hydrogens is 184 g/mol. The van der Waals surface area contributed by atoms with Crippen molar-refractivity contribution in [2.75, 3.05) is 0 Å². The zero-order valence-corrected chi connectivity index (χ0v) is 7.70. The molecule has 0 saturated carbocycles. The fourth-order valence-corrected chi connectivity index (χ4v) is 1.14. The molecule has 2 heterocycles. The van der Waals surface area contributed by atoms with Gasteiger partial charge in [-0.1, -0.05) is 0 Å². The van der Waals surface area contributed by atoms with E-state index >= 15 is 0 Å². The molecule has 0 spiro atoms. The van der Waals surface area contributed by atoms with E-state index in [9.17, 15) is 0 Å². The number of rotatable bonds is 3. The normalized spacial score (nSPS) is 10.7. The molecule has 14 heavy (non-hydrogen) atoms. The Labute approximate surface area is 80.0 Å². The molecule has 0 amide bonds. The monoisotopic (exact) mass is 194 g/mol. The van der Waals surface area contributed by atoms with Gasteiger partial charge in [-0.2, -0.15) is 0 Å². The summed E-state index contributed by atoms with van der Waals surface area (Å²) >= 11 is 0. The molecule has 0 bridgehead atoms. The molecule has 0 aliphatic carbocycles. The van der Waals surface area contributed by atoms with Crippen molar-refractivity contribution < 1.29 is 5.11 Å². The average molecular weight is 194 g/mol. The maximum absolute atomic E-state index is 8.94. The van der Waals surface area contributed by atoms with Crippen molar-refractivity contribution in [3.8, 4) is 0 Å². The summed E-state index contributed by atoms with van der Waals surface area (Å²) in [7, 11) is 1.86. The van der Waals surface area contributed by atoms with Gasteiger partial charge in [0.2, 0.25) is 0 Å². The fraction of sp³-hybridized carbons (Fsp3) is 0.429. The molecule has 7 heteroatoms. The smallest absolute Gasteiger partial charge is 0.159 e. The lowest BCUT2D eigenvalue weighted by Crippen LogP contribution is -2.08. The van der Waals surface area contributed by atoms with Crippen molar-refractivity contribution in [2.45, 2.75) is 13.2 Å². The lowest BCUT2D eigenvalue weighted by molar-refractivity contribution is 0.265. The minimum atomic E-state index is -0.127. The van der Waals surface area contributed by atoms with Crippen LogP contribution in [0, 0.1) is 0 Å². The molecule has 0 radical (unpaired) electrons. The largest absolute Gasteiger partial charge is 0.388 e. The summed E-state index contributed by atoms with van der Waals surface area (Å²) in [4.78, 5) is 0. The van der Waals surface area contributed by atoms with Crippen molar-refractivity contribution in [2.24, 2.45) is 7.05 Å². The minimum absolute atomic E-state index is 0.127. The molecule has 1 N–H and O–H groups in total. The summed E-state index contributed by atoms with van der Waals surface area (Å²) in [5.74, 6) is 1.31. The Hall–Kier alpha value is -1.76. The van der Waals surface area contributed by atoms with Crippen LogP contribution in [0.5, 0.6) is 0 Å². The summed E-state index contributed by atoms with van der Waals surface area (Å²) < 4.78 is 3.53. The van der Waals surface area contributed by atoms with Crippen molar-refractivity contribution in [3.05, 3.63) is 24.3 Å². The van der Waals surface area contributed by atoms with Gasteiger partial charge in [0, 0.05) is 7.05 Å². The molecule has 7 nitrogen and oxygen atoms in total. The zero-order valence-electron chi connectivity index (χ0n) is 7.70. The minimum Gasteiger partial charge on any atom is -0.388 e. The van der Waals surface area contributed by atoms with Crippen LogP contribution < -0.4 is 0 Å². The maximum atomic E-state index is 8.94. The number of nitrogens with zero attached hydrogens (tertiary/aromatic N) is 6. The predicted octanol–water partition coefficient (Wildman–Crippen LogP) is -1.05. The lowest BCUT2D eigenvalue weighted by Gasteiger charge is -2.03. The number of aliphatic hydroxyl groups excluding tert-OH is 1. The summed E-state index contributed by atoms with van der Waals surface area (Å²) in [5, 5.41) is 24.1. The molecule has 0 unspecified atom stereocenters. The van der Waals surface area contributed by atoms with Crippen LogP contribution in [-0.4, -0.2) is 34.6 Å². The van der Waals surface area contributed by atoms with E-state index in [0.29, 0.717) is 12.4 Å². The molecule has 0 aliphatic heterocycles. The first-order valence-electron chi connectivity index (χ1n) is 4.11. The second-order valence-electron chi connectivity index (χ2n) is 2.89. The van der Waals surface area contributed by atoms with E-state index in [1.807, 2.05) is 7.05 Å². The van der Waals surface area contributed by atoms with E-state index < -0.39 is 0 Å². The van der Waals surface area contributed by atoms with Crippen LogP contribution in [-0.2, 0) is 20.2 Å². The Bertz CT molecular complexity index is 419. The van der Waals surface area contributed by atoms with E-state index in [1.54, 1.807) is 21.8 Å². The van der Waals surface area contributed by atoms with Crippen LogP contribution in [0.1, 0.15) is 11.6 Å². The van der Waals surface area contributed by atoms with Gasteiger partial charge in [-0.25, -0.2) is 0 Å². The second kappa shape index (κ2) is 3.54. The molecule has 0 fully saturated rings. The van der Waals surface area contributed by atoms with Crippen LogP contribution in [0.25, 0.3) is 0 Å². The van der Waals surface area contributed by atoms with Gasteiger partial charge in [0.25, 0.3) is 0 Å². The van der Waals surface area contributed by atoms with Gasteiger partial charge in [0.05, 0.1) is 6.54 Å². The summed E-state index contributed by atoms with van der Waals surface area (Å²) in [6, 6.07) is 0. The van der Waals surface area contributed by atoms with Crippen LogP contribution in [0.4, 0.5) is 0 Å². The van der Waals surface area contributed by atoms with Gasteiger partial charge in [0.1, 0.15) is 19.3 Å². The number of hydrogen-bond donors (Lipinski definition) is 1. The number of aliphatic hydroxyl groups is 1. The molecule has 0 atom stereocenters. The second-order valence-corrected chi connectivity index (χ2v) is 2.89. The van der Waals surface area contributed by atoms with Crippen molar-refractivity contribution in [1.82, 2.24) is 29.5 Å². The first-order valence-corrected chi connectivity index (χ1v) is 4.11. The van der Waals surface area contributed by atoms with Gasteiger partial charge in [-0.05, 0) is 0 Å². The van der Waals surface area contributed by atoms with E-state index in [2.05, 4.69) is 20.4 Å². The Morgan fingerprint density at radius 3 is 2.57 bits per heavy atom. The molecule has 0 aromatic carbocycles. The Kier molecular flexibility index (Phi) is 2.23. The summed E-state index contributed by atoms with van der Waals surface area (Å²) in [6.45, 7) is 0.386. The lowest BCUT2D eigenvalue weighted by atomic mass is 10.5. The standard InChI is InChI=1S/C7H10N6O/c1-12-4-8-10-6(12)2-13-5-9-11-7(13)3-14/h4-5,14H,2-3H2,1H3. The van der Waals surface area contributed by atoms with Gasteiger partial charge >= 0.3 is 0 Å². The quantitative estimate of drug-likeness (QED) is 0.674. The molecule has 74 valence electrons. The molecule has 0 aliphatic rings. The SMILES string of the molecule is Cn1cnnc1Cn1cnnc1CO. The highest BCUT2D eigenvalue weighted by atomic mass is 16.3. The van der Waals surface area contributed by atoms with Gasteiger partial charge in [-0.15, -0.1) is 20.4 Å². The van der Waals surface area contributed by atoms with Crippen molar-refractivity contribution in [3.63, 3.8) is 0 Å². The third kappa shape index (κ3) is 1.49. The third-order valence-electron chi connectivity index (χ3n) is 1.95. The summed E-state index contributed by atoms with van der Waals surface area (Å²) in [6.07, 6.45) is 3.18.